The molecule has 6 nitrogen and oxygen atoms in total. The topological polar surface area (TPSA) is 76.4 Å². The molecule has 0 radical (unpaired) electrons. The number of hydrogen-bond donors (Lipinski definition) is 1. The first-order valence-corrected chi connectivity index (χ1v) is 7.81. The lowest BCUT2D eigenvalue weighted by Gasteiger charge is -2.02. The Kier molecular flexibility index (Phi) is 3.44. The van der Waals surface area contributed by atoms with Gasteiger partial charge in [-0.2, -0.15) is 0 Å². The summed E-state index contributed by atoms with van der Waals surface area (Å²) in [6, 6.07) is 0.125. The highest BCUT2D eigenvalue weighted by Crippen LogP contribution is 2.28. The fraction of sp³-hybridized carbons (Fsp3) is 0.500. The van der Waals surface area contributed by atoms with Gasteiger partial charge in [-0.25, -0.2) is 9.79 Å². The van der Waals surface area contributed by atoms with Crippen molar-refractivity contribution >= 4 is 27.5 Å². The van der Waals surface area contributed by atoms with Crippen molar-refractivity contribution in [2.45, 2.75) is 39.8 Å². The average Bonchev–Trinajstić information content (AvgIpc) is 2.99. The number of aromatic nitrogens is 2. The molecule has 0 saturated heterocycles. The molecule has 0 saturated carbocycles. The van der Waals surface area contributed by atoms with Crippen molar-refractivity contribution in [3.63, 3.8) is 0 Å². The van der Waals surface area contributed by atoms with Gasteiger partial charge in [0.2, 0.25) is 5.90 Å². The lowest BCUT2D eigenvalue weighted by molar-refractivity contribution is 0.324. The summed E-state index contributed by atoms with van der Waals surface area (Å²) >= 11 is 1.35. The van der Waals surface area contributed by atoms with E-state index in [9.17, 15) is 9.59 Å². The van der Waals surface area contributed by atoms with E-state index >= 15 is 0 Å². The number of ether oxygens (including phenoxy) is 1. The summed E-state index contributed by atoms with van der Waals surface area (Å²) in [7, 11) is 0. The Morgan fingerprint density at radius 3 is 2.86 bits per heavy atom. The number of rotatable bonds is 3. The van der Waals surface area contributed by atoms with E-state index in [1.807, 2.05) is 20.8 Å². The van der Waals surface area contributed by atoms with Gasteiger partial charge in [-0.1, -0.05) is 6.92 Å². The quantitative estimate of drug-likeness (QED) is 0.936. The third-order valence-electron chi connectivity index (χ3n) is 3.51. The van der Waals surface area contributed by atoms with E-state index in [2.05, 4.69) is 9.98 Å². The van der Waals surface area contributed by atoms with Gasteiger partial charge in [-0.05, 0) is 25.8 Å². The van der Waals surface area contributed by atoms with Crippen molar-refractivity contribution in [2.75, 3.05) is 6.61 Å². The minimum absolute atomic E-state index is 0.125. The molecule has 0 amide bonds. The predicted octanol–water partition coefficient (Wildman–Crippen LogP) is 1.64. The number of hydrogen-bond acceptors (Lipinski definition) is 5. The van der Waals surface area contributed by atoms with Crippen LogP contribution in [0.15, 0.2) is 14.6 Å². The average molecular weight is 307 g/mol. The molecule has 3 rings (SSSR count). The Balaban J connectivity index is 2.26. The van der Waals surface area contributed by atoms with Crippen molar-refractivity contribution in [2.24, 2.45) is 4.99 Å². The van der Waals surface area contributed by atoms with E-state index in [0.29, 0.717) is 29.3 Å². The summed E-state index contributed by atoms with van der Waals surface area (Å²) in [5.74, 6) is 0.573. The van der Waals surface area contributed by atoms with Crippen LogP contribution >= 0.6 is 11.3 Å². The van der Waals surface area contributed by atoms with Crippen molar-refractivity contribution in [1.82, 2.24) is 9.55 Å². The predicted molar refractivity (Wildman–Crippen MR) is 83.7 cm³/mol. The molecule has 7 heteroatoms. The molecule has 0 bridgehead atoms. The molecule has 0 aromatic carbocycles. The van der Waals surface area contributed by atoms with E-state index in [-0.39, 0.29) is 17.3 Å². The Hall–Kier alpha value is -1.89. The minimum Gasteiger partial charge on any atom is -0.475 e. The molecule has 1 aliphatic rings. The number of thiophene rings is 1. The van der Waals surface area contributed by atoms with Gasteiger partial charge in [-0.3, -0.25) is 14.3 Å². The molecule has 1 aliphatic heterocycles. The van der Waals surface area contributed by atoms with Crippen LogP contribution in [0.4, 0.5) is 0 Å². The number of aryl methyl sites for hydroxylation is 1. The Labute approximate surface area is 125 Å². The first-order valence-electron chi connectivity index (χ1n) is 7.00. The normalized spacial score (nSPS) is 18.0. The van der Waals surface area contributed by atoms with Crippen LogP contribution in [0.25, 0.3) is 10.2 Å². The van der Waals surface area contributed by atoms with Gasteiger partial charge in [-0.15, -0.1) is 11.3 Å². The van der Waals surface area contributed by atoms with Crippen molar-refractivity contribution in [1.29, 1.82) is 0 Å². The van der Waals surface area contributed by atoms with Crippen LogP contribution in [0.3, 0.4) is 0 Å². The van der Waals surface area contributed by atoms with Crippen LogP contribution in [0.5, 0.6) is 0 Å². The van der Waals surface area contributed by atoms with E-state index in [1.54, 1.807) is 0 Å². The van der Waals surface area contributed by atoms with Crippen molar-refractivity contribution < 1.29 is 4.74 Å². The number of H-pyrrole nitrogens is 1. The summed E-state index contributed by atoms with van der Waals surface area (Å²) in [6.45, 7) is 6.76. The second-order valence-corrected chi connectivity index (χ2v) is 6.26. The zero-order valence-electron chi connectivity index (χ0n) is 12.2. The molecule has 3 heterocycles. The third kappa shape index (κ3) is 2.21. The van der Waals surface area contributed by atoms with Crippen LogP contribution in [-0.2, 0) is 11.3 Å². The lowest BCUT2D eigenvalue weighted by atomic mass is 10.2. The molecule has 1 N–H and O–H groups in total. The van der Waals surface area contributed by atoms with Gasteiger partial charge in [0.25, 0.3) is 5.56 Å². The zero-order chi connectivity index (χ0) is 15.1. The fourth-order valence-corrected chi connectivity index (χ4v) is 3.62. The van der Waals surface area contributed by atoms with Gasteiger partial charge < -0.3 is 4.74 Å². The molecular weight excluding hydrogens is 290 g/mol. The Morgan fingerprint density at radius 1 is 1.48 bits per heavy atom. The second kappa shape index (κ2) is 5.14. The Morgan fingerprint density at radius 2 is 2.24 bits per heavy atom. The highest BCUT2D eigenvalue weighted by atomic mass is 32.1. The molecule has 1 atom stereocenters. The molecule has 0 unspecified atom stereocenters. The second-order valence-electron chi connectivity index (χ2n) is 5.24. The van der Waals surface area contributed by atoms with Gasteiger partial charge in [0, 0.05) is 6.54 Å². The molecular formula is C14H17N3O3S. The molecule has 2 aromatic rings. The molecule has 0 aliphatic carbocycles. The first-order chi connectivity index (χ1) is 10.0. The molecule has 0 spiro atoms. The molecule has 0 fully saturated rings. The van der Waals surface area contributed by atoms with Crippen LogP contribution < -0.4 is 11.2 Å². The fourth-order valence-electron chi connectivity index (χ4n) is 2.48. The summed E-state index contributed by atoms with van der Waals surface area (Å²) < 4.78 is 6.82. The number of aromatic amines is 1. The van der Waals surface area contributed by atoms with E-state index < -0.39 is 0 Å². The minimum atomic E-state index is -0.357. The first kappa shape index (κ1) is 14.1. The van der Waals surface area contributed by atoms with Crippen LogP contribution in [0.2, 0.25) is 0 Å². The Bertz CT molecular complexity index is 843. The zero-order valence-corrected chi connectivity index (χ0v) is 13.0. The van der Waals surface area contributed by atoms with Gasteiger partial charge in [0.05, 0.1) is 16.3 Å². The summed E-state index contributed by atoms with van der Waals surface area (Å²) in [4.78, 5) is 33.2. The monoisotopic (exact) mass is 307 g/mol. The summed E-state index contributed by atoms with van der Waals surface area (Å²) in [6.07, 6.45) is 0.734. The highest BCUT2D eigenvalue weighted by Gasteiger charge is 2.23. The van der Waals surface area contributed by atoms with Crippen molar-refractivity contribution in [3.8, 4) is 0 Å². The maximum Gasteiger partial charge on any atom is 0.329 e. The number of nitrogens with zero attached hydrogens (tertiary/aromatic N) is 2. The largest absolute Gasteiger partial charge is 0.475 e. The smallest absolute Gasteiger partial charge is 0.329 e. The van der Waals surface area contributed by atoms with Gasteiger partial charge >= 0.3 is 5.69 Å². The van der Waals surface area contributed by atoms with Crippen LogP contribution in [-0.4, -0.2) is 28.1 Å². The summed E-state index contributed by atoms with van der Waals surface area (Å²) in [5.41, 5.74) is 0.237. The number of nitrogens with one attached hydrogen (secondary N) is 1. The van der Waals surface area contributed by atoms with Gasteiger partial charge in [0.15, 0.2) is 0 Å². The third-order valence-corrected chi connectivity index (χ3v) is 4.71. The number of aliphatic imine (C=N–C) groups is 1. The van der Waals surface area contributed by atoms with E-state index in [4.69, 9.17) is 4.74 Å². The molecule has 112 valence electrons. The maximum absolute atomic E-state index is 12.5. The van der Waals surface area contributed by atoms with Gasteiger partial charge in [0.1, 0.15) is 11.4 Å². The highest BCUT2D eigenvalue weighted by molar-refractivity contribution is 7.20. The summed E-state index contributed by atoms with van der Waals surface area (Å²) in [5, 5.41) is 0.564. The number of fused-ring (bicyclic) bond motifs is 1. The SMILES string of the molecule is CCCn1c(=O)[nH]c2sc(C3=N[C@@H](C)CO3)c(C)c2c1=O. The van der Waals surface area contributed by atoms with Crippen LogP contribution in [0.1, 0.15) is 30.7 Å². The van der Waals surface area contributed by atoms with E-state index in [1.165, 1.54) is 15.9 Å². The molecule has 2 aromatic heterocycles. The van der Waals surface area contributed by atoms with Crippen molar-refractivity contribution in [3.05, 3.63) is 31.3 Å². The van der Waals surface area contributed by atoms with E-state index in [0.717, 1.165) is 16.9 Å². The lowest BCUT2D eigenvalue weighted by Crippen LogP contribution is -2.34. The standard InChI is InChI=1S/C14H17N3O3S/c1-4-5-17-13(18)9-8(3)10(11-15-7(2)6-20-11)21-12(9)16-14(17)19/h7H,4-6H2,1-3H3,(H,16,19)/t7-/m0/s1. The molecule has 21 heavy (non-hydrogen) atoms. The van der Waals surface area contributed by atoms with Crippen LogP contribution in [0, 0.1) is 6.92 Å². The maximum atomic E-state index is 12.5.